The molecule has 1 aliphatic heterocycles. The molecule has 0 fully saturated rings. The van der Waals surface area contributed by atoms with Gasteiger partial charge in [-0.15, -0.1) is 0 Å². The molecule has 4 nitrogen and oxygen atoms in total. The van der Waals surface area contributed by atoms with Gasteiger partial charge in [-0.3, -0.25) is 0 Å². The van der Waals surface area contributed by atoms with Crippen molar-refractivity contribution in [1.29, 1.82) is 0 Å². The van der Waals surface area contributed by atoms with Gasteiger partial charge in [-0.2, -0.15) is 0 Å². The number of ether oxygens (including phenoxy) is 1. The summed E-state index contributed by atoms with van der Waals surface area (Å²) in [7, 11) is 0. The molecule has 2 atom stereocenters. The summed E-state index contributed by atoms with van der Waals surface area (Å²) in [5.74, 6) is -0.686. The molecule has 4 heteroatoms. The molecule has 0 amide bonds. The molecule has 0 aromatic rings. The van der Waals surface area contributed by atoms with Crippen molar-refractivity contribution in [2.45, 2.75) is 33.2 Å². The second-order valence-corrected chi connectivity index (χ2v) is 3.54. The van der Waals surface area contributed by atoms with Crippen molar-refractivity contribution in [2.75, 3.05) is 0 Å². The van der Waals surface area contributed by atoms with Crippen LogP contribution in [0.3, 0.4) is 0 Å². The van der Waals surface area contributed by atoms with Gasteiger partial charge < -0.3 is 14.9 Å². The Labute approximate surface area is 76.8 Å². The van der Waals surface area contributed by atoms with Crippen molar-refractivity contribution >= 4 is 5.97 Å². The monoisotopic (exact) mass is 186 g/mol. The van der Waals surface area contributed by atoms with E-state index in [0.717, 1.165) is 0 Å². The number of rotatable bonds is 2. The van der Waals surface area contributed by atoms with Crippen LogP contribution in [0.5, 0.6) is 0 Å². The highest BCUT2D eigenvalue weighted by atomic mass is 16.6. The van der Waals surface area contributed by atoms with E-state index in [-0.39, 0.29) is 11.5 Å². The van der Waals surface area contributed by atoms with Crippen LogP contribution in [-0.4, -0.2) is 28.6 Å². The molecule has 2 N–H and O–H groups in total. The zero-order valence-electron chi connectivity index (χ0n) is 7.94. The van der Waals surface area contributed by atoms with Crippen LogP contribution in [0.2, 0.25) is 0 Å². The Bertz CT molecular complexity index is 254. The van der Waals surface area contributed by atoms with Crippen molar-refractivity contribution in [2.24, 2.45) is 5.92 Å². The second-order valence-electron chi connectivity index (χ2n) is 3.54. The van der Waals surface area contributed by atoms with Gasteiger partial charge >= 0.3 is 5.97 Å². The first-order valence-corrected chi connectivity index (χ1v) is 4.23. The standard InChI is InChI=1S/C9H14O4/c1-4(2)7(10)6-5(3)8(11)13-9(6)12/h4,7-8,10-11H,1-3H3/t7-,8-/m1/s1. The maximum atomic E-state index is 11.1. The summed E-state index contributed by atoms with van der Waals surface area (Å²) >= 11 is 0. The van der Waals surface area contributed by atoms with Gasteiger partial charge in [-0.1, -0.05) is 13.8 Å². The number of carbonyl (C=O) groups excluding carboxylic acids is 1. The number of hydrogen-bond donors (Lipinski definition) is 2. The van der Waals surface area contributed by atoms with Crippen LogP contribution in [0.4, 0.5) is 0 Å². The van der Waals surface area contributed by atoms with E-state index in [1.54, 1.807) is 20.8 Å². The van der Waals surface area contributed by atoms with Gasteiger partial charge in [0.15, 0.2) is 0 Å². The molecule has 0 aromatic heterocycles. The van der Waals surface area contributed by atoms with Crippen LogP contribution in [-0.2, 0) is 9.53 Å². The van der Waals surface area contributed by atoms with Gasteiger partial charge in [0, 0.05) is 5.57 Å². The van der Waals surface area contributed by atoms with Crippen molar-refractivity contribution in [3.8, 4) is 0 Å². The summed E-state index contributed by atoms with van der Waals surface area (Å²) in [5.41, 5.74) is 0.605. The summed E-state index contributed by atoms with van der Waals surface area (Å²) in [6, 6.07) is 0. The van der Waals surface area contributed by atoms with E-state index >= 15 is 0 Å². The summed E-state index contributed by atoms with van der Waals surface area (Å²) in [6.45, 7) is 5.17. The number of aliphatic hydroxyl groups is 2. The first-order chi connectivity index (χ1) is 5.95. The van der Waals surface area contributed by atoms with E-state index in [9.17, 15) is 9.90 Å². The van der Waals surface area contributed by atoms with Crippen LogP contribution < -0.4 is 0 Å². The molecule has 0 unspecified atom stereocenters. The number of carbonyl (C=O) groups is 1. The zero-order chi connectivity index (χ0) is 10.2. The van der Waals surface area contributed by atoms with E-state index in [4.69, 9.17) is 5.11 Å². The lowest BCUT2D eigenvalue weighted by atomic mass is 9.96. The van der Waals surface area contributed by atoms with E-state index in [2.05, 4.69) is 4.74 Å². The van der Waals surface area contributed by atoms with E-state index < -0.39 is 18.4 Å². The Morgan fingerprint density at radius 2 is 2.00 bits per heavy atom. The first-order valence-electron chi connectivity index (χ1n) is 4.23. The number of cyclic esters (lactones) is 1. The molecular formula is C9H14O4. The number of aliphatic hydroxyl groups excluding tert-OH is 2. The van der Waals surface area contributed by atoms with E-state index in [1.807, 2.05) is 0 Å². The van der Waals surface area contributed by atoms with E-state index in [0.29, 0.717) is 5.57 Å². The summed E-state index contributed by atoms with van der Waals surface area (Å²) in [5, 5.41) is 18.8. The predicted octanol–water partition coefficient (Wildman–Crippen LogP) is 0.195. The van der Waals surface area contributed by atoms with Crippen molar-refractivity contribution in [1.82, 2.24) is 0 Å². The fourth-order valence-corrected chi connectivity index (χ4v) is 1.23. The molecule has 0 saturated heterocycles. The third-order valence-electron chi connectivity index (χ3n) is 2.16. The van der Waals surface area contributed by atoms with Gasteiger partial charge in [0.05, 0.1) is 11.7 Å². The van der Waals surface area contributed by atoms with Gasteiger partial charge in [-0.05, 0) is 12.8 Å². The Kier molecular flexibility index (Phi) is 2.73. The van der Waals surface area contributed by atoms with Crippen LogP contribution in [0.1, 0.15) is 20.8 Å². The maximum absolute atomic E-state index is 11.1. The molecule has 0 spiro atoms. The third kappa shape index (κ3) is 1.73. The van der Waals surface area contributed by atoms with Crippen LogP contribution in [0.25, 0.3) is 0 Å². The highest BCUT2D eigenvalue weighted by molar-refractivity contribution is 5.93. The third-order valence-corrected chi connectivity index (χ3v) is 2.16. The van der Waals surface area contributed by atoms with Gasteiger partial charge in [-0.25, -0.2) is 4.79 Å². The smallest absolute Gasteiger partial charge is 0.339 e. The molecule has 1 rings (SSSR count). The van der Waals surface area contributed by atoms with Crippen molar-refractivity contribution < 1.29 is 19.7 Å². The Hall–Kier alpha value is -0.870. The van der Waals surface area contributed by atoms with Crippen LogP contribution >= 0.6 is 0 Å². The fraction of sp³-hybridized carbons (Fsp3) is 0.667. The highest BCUT2D eigenvalue weighted by Gasteiger charge is 2.35. The molecule has 13 heavy (non-hydrogen) atoms. The minimum atomic E-state index is -1.18. The lowest BCUT2D eigenvalue weighted by Crippen LogP contribution is -2.22. The fourth-order valence-electron chi connectivity index (χ4n) is 1.23. The molecular weight excluding hydrogens is 172 g/mol. The molecule has 1 heterocycles. The van der Waals surface area contributed by atoms with Gasteiger partial charge in [0.2, 0.25) is 6.29 Å². The quantitative estimate of drug-likeness (QED) is 0.604. The molecule has 0 radical (unpaired) electrons. The Balaban J connectivity index is 2.95. The van der Waals surface area contributed by atoms with E-state index in [1.165, 1.54) is 0 Å². The Morgan fingerprint density at radius 3 is 2.31 bits per heavy atom. The first kappa shape index (κ1) is 10.2. The second kappa shape index (κ2) is 3.47. The van der Waals surface area contributed by atoms with Gasteiger partial charge in [0.25, 0.3) is 0 Å². The SMILES string of the molecule is CC1=C([C@H](O)C(C)C)C(=O)O[C@H]1O. The van der Waals surface area contributed by atoms with Crippen LogP contribution in [0.15, 0.2) is 11.1 Å². The normalized spacial score (nSPS) is 25.4. The summed E-state index contributed by atoms with van der Waals surface area (Å²) in [4.78, 5) is 11.1. The molecule has 1 aliphatic rings. The average Bonchev–Trinajstić information content (AvgIpc) is 2.26. The predicted molar refractivity (Wildman–Crippen MR) is 45.6 cm³/mol. The molecule has 74 valence electrons. The number of hydrogen-bond acceptors (Lipinski definition) is 4. The lowest BCUT2D eigenvalue weighted by Gasteiger charge is -2.13. The average molecular weight is 186 g/mol. The van der Waals surface area contributed by atoms with Gasteiger partial charge in [0.1, 0.15) is 0 Å². The topological polar surface area (TPSA) is 66.8 Å². The highest BCUT2D eigenvalue weighted by Crippen LogP contribution is 2.26. The lowest BCUT2D eigenvalue weighted by molar-refractivity contribution is -0.152. The summed E-state index contributed by atoms with van der Waals surface area (Å²) < 4.78 is 4.54. The minimum absolute atomic E-state index is 0.0669. The largest absolute Gasteiger partial charge is 0.428 e. The molecule has 0 bridgehead atoms. The molecule has 0 aromatic carbocycles. The van der Waals surface area contributed by atoms with Crippen LogP contribution in [0, 0.1) is 5.92 Å². The Morgan fingerprint density at radius 1 is 1.46 bits per heavy atom. The van der Waals surface area contributed by atoms with Crippen molar-refractivity contribution in [3.63, 3.8) is 0 Å². The molecule has 0 saturated carbocycles. The minimum Gasteiger partial charge on any atom is -0.428 e. The summed E-state index contributed by atoms with van der Waals surface area (Å²) in [6.07, 6.45) is -2.04. The zero-order valence-corrected chi connectivity index (χ0v) is 7.94. The molecule has 0 aliphatic carbocycles. The maximum Gasteiger partial charge on any atom is 0.339 e. The number of esters is 1. The van der Waals surface area contributed by atoms with Crippen molar-refractivity contribution in [3.05, 3.63) is 11.1 Å².